The zero-order valence-corrected chi connectivity index (χ0v) is 14.8. The van der Waals surface area contributed by atoms with Crippen molar-refractivity contribution in [3.8, 4) is 6.07 Å². The Bertz CT molecular complexity index is 780. The largest absolute Gasteiger partial charge is 0.464 e. The van der Waals surface area contributed by atoms with Gasteiger partial charge in [0.25, 0.3) is 0 Å². The van der Waals surface area contributed by atoms with E-state index in [1.54, 1.807) is 34.5 Å². The number of hydrogen-bond donors (Lipinski definition) is 1. The molecular formula is C17H18N4O3S. The van der Waals surface area contributed by atoms with Crippen molar-refractivity contribution in [1.82, 2.24) is 9.88 Å². The highest BCUT2D eigenvalue weighted by Gasteiger charge is 2.17. The number of esters is 1. The van der Waals surface area contributed by atoms with Crippen molar-refractivity contribution in [2.75, 3.05) is 19.0 Å². The predicted molar refractivity (Wildman–Crippen MR) is 94.3 cm³/mol. The Labute approximate surface area is 149 Å². The van der Waals surface area contributed by atoms with Gasteiger partial charge in [-0.15, -0.1) is 11.3 Å². The van der Waals surface area contributed by atoms with E-state index in [1.807, 2.05) is 13.0 Å². The zero-order valence-electron chi connectivity index (χ0n) is 14.0. The minimum Gasteiger partial charge on any atom is -0.464 e. The van der Waals surface area contributed by atoms with Crippen molar-refractivity contribution >= 4 is 29.0 Å². The molecule has 0 fully saturated rings. The van der Waals surface area contributed by atoms with Crippen LogP contribution in [0.2, 0.25) is 0 Å². The van der Waals surface area contributed by atoms with Crippen LogP contribution in [-0.4, -0.2) is 35.5 Å². The number of urea groups is 1. The van der Waals surface area contributed by atoms with Crippen molar-refractivity contribution in [3.63, 3.8) is 0 Å². The van der Waals surface area contributed by atoms with Gasteiger partial charge >= 0.3 is 12.0 Å². The Balaban J connectivity index is 2.05. The number of carbonyl (C=O) groups is 2. The number of benzene rings is 1. The summed E-state index contributed by atoms with van der Waals surface area (Å²) in [6.07, 6.45) is 0.788. The lowest BCUT2D eigenvalue weighted by Gasteiger charge is -2.21. The molecule has 0 saturated carbocycles. The van der Waals surface area contributed by atoms with Gasteiger partial charge in [-0.1, -0.05) is 6.92 Å². The molecule has 0 aliphatic rings. The molecule has 0 radical (unpaired) electrons. The van der Waals surface area contributed by atoms with Crippen molar-refractivity contribution in [2.24, 2.45) is 0 Å². The number of anilines is 1. The first-order valence-electron chi connectivity index (χ1n) is 7.66. The molecule has 1 aromatic heterocycles. The van der Waals surface area contributed by atoms with E-state index in [9.17, 15) is 9.59 Å². The lowest BCUT2D eigenvalue weighted by atomic mass is 10.2. The highest BCUT2D eigenvalue weighted by molar-refractivity contribution is 7.09. The number of hydrogen-bond acceptors (Lipinski definition) is 6. The van der Waals surface area contributed by atoms with Crippen LogP contribution in [0, 0.1) is 11.3 Å². The Kier molecular flexibility index (Phi) is 6.48. The minimum absolute atomic E-state index is 0.242. The Hall–Kier alpha value is -2.92. The summed E-state index contributed by atoms with van der Waals surface area (Å²) in [5, 5.41) is 13.9. The molecule has 0 bridgehead atoms. The van der Waals surface area contributed by atoms with Crippen LogP contribution in [0.4, 0.5) is 10.5 Å². The average Bonchev–Trinajstić information content (AvgIpc) is 3.10. The fourth-order valence-electron chi connectivity index (χ4n) is 2.10. The van der Waals surface area contributed by atoms with Gasteiger partial charge in [-0.3, -0.25) is 0 Å². The maximum absolute atomic E-state index is 12.5. The number of carbonyl (C=O) groups excluding carboxylic acids is 2. The predicted octanol–water partition coefficient (Wildman–Crippen LogP) is 3.25. The van der Waals surface area contributed by atoms with Crippen LogP contribution in [0.5, 0.6) is 0 Å². The molecule has 0 atom stereocenters. The molecule has 2 aromatic rings. The van der Waals surface area contributed by atoms with Gasteiger partial charge in [0, 0.05) is 17.6 Å². The number of thiazole rings is 1. The van der Waals surface area contributed by atoms with E-state index in [2.05, 4.69) is 15.0 Å². The monoisotopic (exact) mass is 358 g/mol. The van der Waals surface area contributed by atoms with Gasteiger partial charge in [0.05, 0.1) is 25.3 Å². The van der Waals surface area contributed by atoms with Crippen LogP contribution in [0.15, 0.2) is 29.6 Å². The summed E-state index contributed by atoms with van der Waals surface area (Å²) in [5.74, 6) is -0.494. The Morgan fingerprint density at radius 3 is 2.68 bits per heavy atom. The van der Waals surface area contributed by atoms with Gasteiger partial charge in [0.2, 0.25) is 0 Å². The van der Waals surface area contributed by atoms with Crippen LogP contribution < -0.4 is 5.32 Å². The molecule has 2 rings (SSSR count). The molecule has 25 heavy (non-hydrogen) atoms. The third-order valence-corrected chi connectivity index (χ3v) is 4.15. The first-order chi connectivity index (χ1) is 12.1. The standard InChI is InChI=1S/C17H18N4O3S/c1-3-8-21(10-15-20-14(11-25-15)16(22)24-2)17(23)19-13-6-4-12(9-18)5-7-13/h4-7,11H,3,8,10H2,1-2H3,(H,19,23). The molecule has 0 aliphatic carbocycles. The molecule has 1 N–H and O–H groups in total. The molecule has 2 amide bonds. The second kappa shape index (κ2) is 8.80. The summed E-state index contributed by atoms with van der Waals surface area (Å²) >= 11 is 1.31. The van der Waals surface area contributed by atoms with E-state index in [0.717, 1.165) is 6.42 Å². The second-order valence-corrected chi connectivity index (χ2v) is 6.10. The highest BCUT2D eigenvalue weighted by Crippen LogP contribution is 2.15. The third kappa shape index (κ3) is 5.02. The zero-order chi connectivity index (χ0) is 18.2. The third-order valence-electron chi connectivity index (χ3n) is 3.32. The summed E-state index contributed by atoms with van der Waals surface area (Å²) in [5.41, 5.74) is 1.38. The smallest absolute Gasteiger partial charge is 0.357 e. The van der Waals surface area contributed by atoms with Gasteiger partial charge in [0.15, 0.2) is 5.69 Å². The van der Waals surface area contributed by atoms with E-state index < -0.39 is 5.97 Å². The summed E-state index contributed by atoms with van der Waals surface area (Å²) in [4.78, 5) is 29.8. The highest BCUT2D eigenvalue weighted by atomic mass is 32.1. The normalized spacial score (nSPS) is 9.96. The minimum atomic E-state index is -0.494. The van der Waals surface area contributed by atoms with Crippen LogP contribution in [-0.2, 0) is 11.3 Å². The Morgan fingerprint density at radius 1 is 1.36 bits per heavy atom. The van der Waals surface area contributed by atoms with Crippen LogP contribution >= 0.6 is 11.3 Å². The fourth-order valence-corrected chi connectivity index (χ4v) is 2.88. The summed E-state index contributed by atoms with van der Waals surface area (Å²) < 4.78 is 4.64. The SMILES string of the molecule is CCCN(Cc1nc(C(=O)OC)cs1)C(=O)Nc1ccc(C#N)cc1. The molecular weight excluding hydrogens is 340 g/mol. The number of ether oxygens (including phenoxy) is 1. The van der Waals surface area contributed by atoms with Gasteiger partial charge in [-0.2, -0.15) is 5.26 Å². The molecule has 0 spiro atoms. The summed E-state index contributed by atoms with van der Waals surface area (Å²) in [6, 6.07) is 8.41. The number of nitrogens with one attached hydrogen (secondary N) is 1. The van der Waals surface area contributed by atoms with Crippen molar-refractivity contribution in [1.29, 1.82) is 5.26 Å². The van der Waals surface area contributed by atoms with Crippen LogP contribution in [0.1, 0.15) is 34.4 Å². The number of rotatable bonds is 6. The molecule has 1 aromatic carbocycles. The second-order valence-electron chi connectivity index (χ2n) is 5.16. The molecule has 0 unspecified atom stereocenters. The van der Waals surface area contributed by atoms with Crippen molar-refractivity contribution < 1.29 is 14.3 Å². The van der Waals surface area contributed by atoms with Crippen molar-refractivity contribution in [2.45, 2.75) is 19.9 Å². The van der Waals surface area contributed by atoms with E-state index >= 15 is 0 Å². The summed E-state index contributed by atoms with van der Waals surface area (Å²) in [7, 11) is 1.30. The van der Waals surface area contributed by atoms with E-state index in [1.165, 1.54) is 18.4 Å². The maximum Gasteiger partial charge on any atom is 0.357 e. The van der Waals surface area contributed by atoms with E-state index in [-0.39, 0.29) is 11.7 Å². The number of amides is 2. The first-order valence-corrected chi connectivity index (χ1v) is 8.54. The maximum atomic E-state index is 12.5. The van der Waals surface area contributed by atoms with Gasteiger partial charge in [-0.25, -0.2) is 14.6 Å². The van der Waals surface area contributed by atoms with Crippen LogP contribution in [0.3, 0.4) is 0 Å². The summed E-state index contributed by atoms with van der Waals surface area (Å²) in [6.45, 7) is 2.83. The molecule has 0 saturated heterocycles. The quantitative estimate of drug-likeness (QED) is 0.800. The molecule has 130 valence electrons. The topological polar surface area (TPSA) is 95.3 Å². The number of methoxy groups -OCH3 is 1. The molecule has 1 heterocycles. The lowest BCUT2D eigenvalue weighted by Crippen LogP contribution is -2.35. The van der Waals surface area contributed by atoms with Gasteiger partial charge in [0.1, 0.15) is 5.01 Å². The molecule has 0 aliphatic heterocycles. The van der Waals surface area contributed by atoms with E-state index in [4.69, 9.17) is 5.26 Å². The average molecular weight is 358 g/mol. The first kappa shape index (κ1) is 18.4. The fraction of sp³-hybridized carbons (Fsp3) is 0.294. The van der Waals surface area contributed by atoms with E-state index in [0.29, 0.717) is 29.3 Å². The van der Waals surface area contributed by atoms with Gasteiger partial charge < -0.3 is 15.0 Å². The van der Waals surface area contributed by atoms with Crippen LogP contribution in [0.25, 0.3) is 0 Å². The lowest BCUT2D eigenvalue weighted by molar-refractivity contribution is 0.0594. The van der Waals surface area contributed by atoms with Gasteiger partial charge in [-0.05, 0) is 30.7 Å². The number of nitriles is 1. The molecule has 8 heteroatoms. The van der Waals surface area contributed by atoms with Crippen molar-refractivity contribution in [3.05, 3.63) is 45.9 Å². The number of aromatic nitrogens is 1. The number of nitrogens with zero attached hydrogens (tertiary/aromatic N) is 3. The molecule has 7 nitrogen and oxygen atoms in total. The Morgan fingerprint density at radius 2 is 2.08 bits per heavy atom.